The van der Waals surface area contributed by atoms with Gasteiger partial charge in [-0.3, -0.25) is 9.58 Å². The number of hydrogen-bond donors (Lipinski definition) is 2. The number of nitrogen functional groups attached to an aromatic ring is 1. The lowest BCUT2D eigenvalue weighted by molar-refractivity contribution is 0.104. The number of likely N-dealkylation sites (tertiary alicyclic amines) is 1. The molecule has 8 nitrogen and oxygen atoms in total. The molecule has 9 heteroatoms. The summed E-state index contributed by atoms with van der Waals surface area (Å²) in [6, 6.07) is 3.54. The maximum atomic E-state index is 15.2. The van der Waals surface area contributed by atoms with Gasteiger partial charge in [0.15, 0.2) is 0 Å². The van der Waals surface area contributed by atoms with Gasteiger partial charge < -0.3 is 15.4 Å². The molecule has 4 aromatic rings. The van der Waals surface area contributed by atoms with Gasteiger partial charge >= 0.3 is 0 Å². The molecule has 0 radical (unpaired) electrons. The average Bonchev–Trinajstić information content (AvgIpc) is 3.41. The third-order valence-corrected chi connectivity index (χ3v) is 6.98. The van der Waals surface area contributed by atoms with Gasteiger partial charge in [-0.15, -0.1) is 0 Å². The van der Waals surface area contributed by atoms with E-state index in [0.29, 0.717) is 23.3 Å². The molecule has 0 unspecified atom stereocenters. The average molecular weight is 488 g/mol. The number of fused-ring (bicyclic) bond motifs is 2. The number of aryl methyl sites for hydroxylation is 1. The minimum Gasteiger partial charge on any atom is -0.378 e. The number of benzene rings is 1. The van der Waals surface area contributed by atoms with Crippen molar-refractivity contribution < 1.29 is 9.50 Å². The first kappa shape index (κ1) is 23.0. The molecule has 3 N–H and O–H groups in total. The predicted octanol–water partition coefficient (Wildman–Crippen LogP) is 3.58. The lowest BCUT2D eigenvalue weighted by atomic mass is 10.0. The molecule has 0 bridgehead atoms. The zero-order valence-electron chi connectivity index (χ0n) is 20.8. The summed E-state index contributed by atoms with van der Waals surface area (Å²) in [7, 11) is 0. The Bertz CT molecular complexity index is 1540. The van der Waals surface area contributed by atoms with Crippen molar-refractivity contribution in [3.05, 3.63) is 35.9 Å². The minimum absolute atomic E-state index is 0.164. The highest BCUT2D eigenvalue weighted by Crippen LogP contribution is 2.39. The Morgan fingerprint density at radius 3 is 2.67 bits per heavy atom. The quantitative estimate of drug-likeness (QED) is 0.418. The zero-order chi connectivity index (χ0) is 25.2. The third kappa shape index (κ3) is 4.21. The summed E-state index contributed by atoms with van der Waals surface area (Å²) in [5.41, 5.74) is 8.64. The second-order valence-corrected chi connectivity index (χ2v) is 10.6. The summed E-state index contributed by atoms with van der Waals surface area (Å²) in [6.07, 6.45) is 6.56. The van der Waals surface area contributed by atoms with Gasteiger partial charge in [0, 0.05) is 43.3 Å². The Labute approximate surface area is 208 Å². The summed E-state index contributed by atoms with van der Waals surface area (Å²) in [5, 5.41) is 15.6. The molecule has 0 spiro atoms. The monoisotopic (exact) mass is 487 g/mol. The second kappa shape index (κ2) is 8.29. The van der Waals surface area contributed by atoms with Gasteiger partial charge in [-0.1, -0.05) is 11.8 Å². The minimum atomic E-state index is -1.23. The van der Waals surface area contributed by atoms with Crippen LogP contribution in [0, 0.1) is 23.6 Å². The van der Waals surface area contributed by atoms with Gasteiger partial charge in [0.1, 0.15) is 28.1 Å². The van der Waals surface area contributed by atoms with Crippen molar-refractivity contribution >= 4 is 27.9 Å². The topological polar surface area (TPSA) is 98.0 Å². The van der Waals surface area contributed by atoms with Crippen LogP contribution in [0.2, 0.25) is 0 Å². The molecule has 3 aromatic heterocycles. The van der Waals surface area contributed by atoms with Crippen LogP contribution in [0.3, 0.4) is 0 Å². The highest BCUT2D eigenvalue weighted by Gasteiger charge is 2.34. The normalized spacial score (nSPS) is 16.9. The van der Waals surface area contributed by atoms with E-state index in [1.54, 1.807) is 26.0 Å². The lowest BCUT2D eigenvalue weighted by Gasteiger charge is -2.40. The fourth-order valence-corrected chi connectivity index (χ4v) is 4.94. The van der Waals surface area contributed by atoms with Crippen LogP contribution in [0.4, 0.5) is 10.3 Å². The van der Waals surface area contributed by atoms with E-state index in [1.807, 2.05) is 24.0 Å². The van der Waals surface area contributed by atoms with Crippen LogP contribution in [0.25, 0.3) is 33.2 Å². The summed E-state index contributed by atoms with van der Waals surface area (Å²) in [5.74, 6) is 6.13. The van der Waals surface area contributed by atoms with Crippen molar-refractivity contribution in [2.24, 2.45) is 5.92 Å². The van der Waals surface area contributed by atoms with Crippen LogP contribution in [-0.4, -0.2) is 59.6 Å². The Kier molecular flexibility index (Phi) is 5.28. The number of nitrogens with two attached hydrogens (primary N) is 1. The molecular formula is C27H30FN7O. The molecule has 1 aromatic carbocycles. The number of aromatic nitrogens is 5. The van der Waals surface area contributed by atoms with Crippen LogP contribution in [0.1, 0.15) is 45.2 Å². The highest BCUT2D eigenvalue weighted by molar-refractivity contribution is 6.02. The Morgan fingerprint density at radius 1 is 1.19 bits per heavy atom. The zero-order valence-corrected chi connectivity index (χ0v) is 20.8. The molecule has 6 rings (SSSR count). The highest BCUT2D eigenvalue weighted by atomic mass is 19.1. The molecule has 0 amide bonds. The first-order valence-electron chi connectivity index (χ1n) is 12.5. The van der Waals surface area contributed by atoms with Gasteiger partial charge in [0.2, 0.25) is 5.95 Å². The largest absolute Gasteiger partial charge is 0.378 e. The number of anilines is 1. The standard InChI is InChI=1S/C27H30FN7O/c1-4-34-15-22-25(32-34)24(31-26(29)30-22)20-14-35(18-12-33(13-18)11-16-5-6-16)23-10-21(28)17(9-19(20)23)7-8-27(2,3)36/h9-10,14-16,18,36H,4-6,11-13H2,1-3H3,(H2,29,30). The first-order chi connectivity index (χ1) is 17.2. The predicted molar refractivity (Wildman–Crippen MR) is 138 cm³/mol. The van der Waals surface area contributed by atoms with E-state index >= 15 is 4.39 Å². The maximum Gasteiger partial charge on any atom is 0.221 e. The summed E-state index contributed by atoms with van der Waals surface area (Å²) in [6.45, 7) is 8.87. The second-order valence-electron chi connectivity index (χ2n) is 10.6. The van der Waals surface area contributed by atoms with Gasteiger partial charge in [-0.05, 0) is 51.7 Å². The van der Waals surface area contributed by atoms with Crippen LogP contribution in [0.15, 0.2) is 24.5 Å². The molecule has 1 saturated heterocycles. The Hall–Kier alpha value is -3.48. The van der Waals surface area contributed by atoms with Crippen LogP contribution in [0.5, 0.6) is 0 Å². The van der Waals surface area contributed by atoms with Crippen molar-refractivity contribution in [2.45, 2.75) is 51.8 Å². The number of aliphatic hydroxyl groups is 1. The number of nitrogens with zero attached hydrogens (tertiary/aromatic N) is 6. The Balaban J connectivity index is 1.52. The van der Waals surface area contributed by atoms with E-state index in [0.717, 1.165) is 42.0 Å². The molecular weight excluding hydrogens is 457 g/mol. The van der Waals surface area contributed by atoms with Gasteiger partial charge in [0.05, 0.1) is 23.3 Å². The molecule has 186 valence electrons. The van der Waals surface area contributed by atoms with Crippen molar-refractivity contribution in [3.8, 4) is 23.1 Å². The maximum absolute atomic E-state index is 15.2. The van der Waals surface area contributed by atoms with Crippen molar-refractivity contribution in [1.82, 2.24) is 29.2 Å². The number of halogens is 1. The fraction of sp³-hybridized carbons (Fsp3) is 0.444. The van der Waals surface area contributed by atoms with E-state index in [9.17, 15) is 5.11 Å². The molecule has 4 heterocycles. The van der Waals surface area contributed by atoms with Crippen LogP contribution >= 0.6 is 0 Å². The lowest BCUT2D eigenvalue weighted by Crippen LogP contribution is -2.48. The van der Waals surface area contributed by atoms with Crippen molar-refractivity contribution in [3.63, 3.8) is 0 Å². The molecule has 1 saturated carbocycles. The van der Waals surface area contributed by atoms with E-state index in [1.165, 1.54) is 12.8 Å². The molecule has 2 aliphatic rings. The van der Waals surface area contributed by atoms with Gasteiger partial charge in [-0.2, -0.15) is 5.10 Å². The number of rotatable bonds is 5. The van der Waals surface area contributed by atoms with Gasteiger partial charge in [-0.25, -0.2) is 14.4 Å². The van der Waals surface area contributed by atoms with Crippen molar-refractivity contribution in [1.29, 1.82) is 0 Å². The van der Waals surface area contributed by atoms with Crippen LogP contribution < -0.4 is 5.73 Å². The Morgan fingerprint density at radius 2 is 1.97 bits per heavy atom. The third-order valence-electron chi connectivity index (χ3n) is 6.98. The number of hydrogen-bond acceptors (Lipinski definition) is 6. The van der Waals surface area contributed by atoms with Crippen molar-refractivity contribution in [2.75, 3.05) is 25.4 Å². The smallest absolute Gasteiger partial charge is 0.221 e. The SMILES string of the molecule is CCn1cc2nc(N)nc(-c3cn(C4CN(CC5CC5)C4)c4cc(F)c(C#CC(C)(C)O)cc34)c2n1. The summed E-state index contributed by atoms with van der Waals surface area (Å²) in [4.78, 5) is 11.4. The summed E-state index contributed by atoms with van der Waals surface area (Å²) >= 11 is 0. The molecule has 1 aliphatic heterocycles. The first-order valence-corrected chi connectivity index (χ1v) is 12.5. The van der Waals surface area contributed by atoms with E-state index in [4.69, 9.17) is 5.73 Å². The van der Waals surface area contributed by atoms with E-state index in [-0.39, 0.29) is 17.6 Å². The molecule has 1 aliphatic carbocycles. The van der Waals surface area contributed by atoms with E-state index in [2.05, 4.69) is 36.4 Å². The molecule has 0 atom stereocenters. The molecule has 36 heavy (non-hydrogen) atoms. The van der Waals surface area contributed by atoms with E-state index < -0.39 is 11.4 Å². The summed E-state index contributed by atoms with van der Waals surface area (Å²) < 4.78 is 19.2. The van der Waals surface area contributed by atoms with Gasteiger partial charge in [0.25, 0.3) is 0 Å². The fourth-order valence-electron chi connectivity index (χ4n) is 4.94. The van der Waals surface area contributed by atoms with Crippen LogP contribution in [-0.2, 0) is 6.54 Å². The molecule has 2 fully saturated rings.